The number of imide groups is 1. The van der Waals surface area contributed by atoms with Crippen LogP contribution in [0.5, 0.6) is 5.75 Å². The van der Waals surface area contributed by atoms with Crippen LogP contribution in [0.1, 0.15) is 77.8 Å². The predicted octanol–water partition coefficient (Wildman–Crippen LogP) is 5.00. The number of fused-ring (bicyclic) bond motifs is 1. The van der Waals surface area contributed by atoms with E-state index in [1.165, 1.54) is 37.0 Å². The second kappa shape index (κ2) is 9.65. The summed E-state index contributed by atoms with van der Waals surface area (Å²) < 4.78 is 6.03. The molecular formula is C26H31NO4. The van der Waals surface area contributed by atoms with Gasteiger partial charge in [-0.15, -0.1) is 0 Å². The lowest BCUT2D eigenvalue weighted by Crippen LogP contribution is -2.36. The van der Waals surface area contributed by atoms with Crippen LogP contribution in [0.25, 0.3) is 0 Å². The first-order valence-corrected chi connectivity index (χ1v) is 11.4. The van der Waals surface area contributed by atoms with E-state index in [2.05, 4.69) is 0 Å². The standard InChI is InChI=1S/C26H31NO4/c1-2-19(16-27-25(29)22-13-6-7-14-23(22)26(27)30)24(28)20-11-8-12-21(15-20)31-17-18-9-4-3-5-10-18/h6-8,11-15,18-19,24,28H,2-5,9-10,16-17H2,1H3/t19-,24?/m0/s1. The summed E-state index contributed by atoms with van der Waals surface area (Å²) in [5.74, 6) is 0.555. The van der Waals surface area contributed by atoms with Gasteiger partial charge in [-0.1, -0.05) is 50.5 Å². The minimum absolute atomic E-state index is 0.192. The van der Waals surface area contributed by atoms with Crippen molar-refractivity contribution < 1.29 is 19.4 Å². The van der Waals surface area contributed by atoms with Crippen molar-refractivity contribution in [3.8, 4) is 5.75 Å². The number of ether oxygens (including phenoxy) is 1. The molecule has 1 unspecified atom stereocenters. The van der Waals surface area contributed by atoms with Gasteiger partial charge in [-0.2, -0.15) is 0 Å². The molecule has 1 fully saturated rings. The van der Waals surface area contributed by atoms with E-state index in [1.807, 2.05) is 31.2 Å². The minimum atomic E-state index is -0.785. The van der Waals surface area contributed by atoms with Crippen molar-refractivity contribution in [3.05, 3.63) is 65.2 Å². The monoisotopic (exact) mass is 421 g/mol. The van der Waals surface area contributed by atoms with E-state index in [1.54, 1.807) is 24.3 Å². The fraction of sp³-hybridized carbons (Fsp3) is 0.462. The molecule has 164 valence electrons. The van der Waals surface area contributed by atoms with E-state index < -0.39 is 6.10 Å². The molecule has 2 aromatic rings. The van der Waals surface area contributed by atoms with Crippen LogP contribution < -0.4 is 4.74 Å². The van der Waals surface area contributed by atoms with Crippen LogP contribution in [0.2, 0.25) is 0 Å². The number of hydrogen-bond acceptors (Lipinski definition) is 4. The summed E-state index contributed by atoms with van der Waals surface area (Å²) in [5.41, 5.74) is 1.63. The van der Waals surface area contributed by atoms with Crippen molar-refractivity contribution in [1.82, 2.24) is 4.90 Å². The molecule has 2 aromatic carbocycles. The summed E-state index contributed by atoms with van der Waals surface area (Å²) in [6.07, 6.45) is 6.19. The van der Waals surface area contributed by atoms with E-state index in [0.717, 1.165) is 11.3 Å². The van der Waals surface area contributed by atoms with E-state index >= 15 is 0 Å². The molecule has 1 saturated carbocycles. The van der Waals surface area contributed by atoms with Crippen molar-refractivity contribution in [2.75, 3.05) is 13.2 Å². The highest BCUT2D eigenvalue weighted by Crippen LogP contribution is 2.31. The van der Waals surface area contributed by atoms with Crippen LogP contribution in [-0.4, -0.2) is 35.0 Å². The zero-order valence-corrected chi connectivity index (χ0v) is 18.1. The summed E-state index contributed by atoms with van der Waals surface area (Å²) >= 11 is 0. The van der Waals surface area contributed by atoms with Crippen LogP contribution in [0, 0.1) is 11.8 Å². The molecule has 1 heterocycles. The molecule has 0 spiro atoms. The first-order chi connectivity index (χ1) is 15.1. The molecule has 5 heteroatoms. The van der Waals surface area contributed by atoms with Gasteiger partial charge in [-0.05, 0) is 55.0 Å². The largest absolute Gasteiger partial charge is 0.493 e. The van der Waals surface area contributed by atoms with Gasteiger partial charge in [0.25, 0.3) is 11.8 Å². The van der Waals surface area contributed by atoms with E-state index in [-0.39, 0.29) is 24.3 Å². The fourth-order valence-electron chi connectivity index (χ4n) is 4.72. The van der Waals surface area contributed by atoms with Gasteiger partial charge in [-0.25, -0.2) is 0 Å². The molecular weight excluding hydrogens is 390 g/mol. The Morgan fingerprint density at radius 1 is 1.00 bits per heavy atom. The Bertz CT molecular complexity index is 900. The summed E-state index contributed by atoms with van der Waals surface area (Å²) in [4.78, 5) is 26.7. The second-order valence-corrected chi connectivity index (χ2v) is 8.77. The highest BCUT2D eigenvalue weighted by molar-refractivity contribution is 6.21. The van der Waals surface area contributed by atoms with Gasteiger partial charge in [0.15, 0.2) is 0 Å². The van der Waals surface area contributed by atoms with Crippen LogP contribution in [0.3, 0.4) is 0 Å². The van der Waals surface area contributed by atoms with Gasteiger partial charge in [0, 0.05) is 12.5 Å². The Morgan fingerprint density at radius 3 is 2.32 bits per heavy atom. The lowest BCUT2D eigenvalue weighted by atomic mass is 9.90. The number of amides is 2. The van der Waals surface area contributed by atoms with Gasteiger partial charge in [0.1, 0.15) is 5.75 Å². The third-order valence-electron chi connectivity index (χ3n) is 6.68. The van der Waals surface area contributed by atoms with Gasteiger partial charge >= 0.3 is 0 Å². The van der Waals surface area contributed by atoms with Crippen LogP contribution in [0.4, 0.5) is 0 Å². The second-order valence-electron chi connectivity index (χ2n) is 8.77. The van der Waals surface area contributed by atoms with Crippen LogP contribution >= 0.6 is 0 Å². The van der Waals surface area contributed by atoms with E-state index in [0.29, 0.717) is 30.1 Å². The quantitative estimate of drug-likeness (QED) is 0.609. The van der Waals surface area contributed by atoms with Crippen LogP contribution in [0.15, 0.2) is 48.5 Å². The first kappa shape index (κ1) is 21.6. The van der Waals surface area contributed by atoms with E-state index in [9.17, 15) is 14.7 Å². The molecule has 0 bridgehead atoms. The number of carbonyl (C=O) groups is 2. The third-order valence-corrected chi connectivity index (χ3v) is 6.68. The Hall–Kier alpha value is -2.66. The SMILES string of the molecule is CC[C@@H](CN1C(=O)c2ccccc2C1=O)C(O)c1cccc(OCC2CCCCC2)c1. The molecule has 2 amide bonds. The zero-order chi connectivity index (χ0) is 21.8. The maximum Gasteiger partial charge on any atom is 0.261 e. The number of nitrogens with zero attached hydrogens (tertiary/aromatic N) is 1. The smallest absolute Gasteiger partial charge is 0.261 e. The molecule has 0 radical (unpaired) electrons. The molecule has 5 nitrogen and oxygen atoms in total. The van der Waals surface area contributed by atoms with Gasteiger partial charge in [0.2, 0.25) is 0 Å². The highest BCUT2D eigenvalue weighted by Gasteiger charge is 2.37. The maximum atomic E-state index is 12.7. The summed E-state index contributed by atoms with van der Waals surface area (Å²) in [7, 11) is 0. The van der Waals surface area contributed by atoms with Crippen LogP contribution in [-0.2, 0) is 0 Å². The number of hydrogen-bond donors (Lipinski definition) is 1. The molecule has 2 atom stereocenters. The summed E-state index contributed by atoms with van der Waals surface area (Å²) in [6.45, 7) is 2.87. The molecule has 0 aromatic heterocycles. The molecule has 1 aliphatic carbocycles. The molecule has 1 N–H and O–H groups in total. The number of benzene rings is 2. The molecule has 1 aliphatic heterocycles. The van der Waals surface area contributed by atoms with Crippen molar-refractivity contribution >= 4 is 11.8 Å². The van der Waals surface area contributed by atoms with Gasteiger partial charge in [0.05, 0.1) is 23.8 Å². The third kappa shape index (κ3) is 4.67. The predicted molar refractivity (Wildman–Crippen MR) is 119 cm³/mol. The number of rotatable bonds is 8. The normalized spacial score (nSPS) is 18.7. The summed E-state index contributed by atoms with van der Waals surface area (Å²) in [6, 6.07) is 14.5. The Kier molecular flexibility index (Phi) is 6.71. The minimum Gasteiger partial charge on any atom is -0.493 e. The fourth-order valence-corrected chi connectivity index (χ4v) is 4.72. The topological polar surface area (TPSA) is 66.8 Å². The Balaban J connectivity index is 1.42. The Labute approximate surface area is 184 Å². The molecule has 4 rings (SSSR count). The van der Waals surface area contributed by atoms with Crippen molar-refractivity contribution in [1.29, 1.82) is 0 Å². The van der Waals surface area contributed by atoms with Crippen molar-refractivity contribution in [2.45, 2.75) is 51.6 Å². The molecule has 2 aliphatic rings. The Morgan fingerprint density at radius 2 is 1.68 bits per heavy atom. The molecule has 31 heavy (non-hydrogen) atoms. The van der Waals surface area contributed by atoms with Crippen molar-refractivity contribution in [2.24, 2.45) is 11.8 Å². The van der Waals surface area contributed by atoms with Gasteiger partial charge in [-0.3, -0.25) is 14.5 Å². The van der Waals surface area contributed by atoms with Gasteiger partial charge < -0.3 is 9.84 Å². The first-order valence-electron chi connectivity index (χ1n) is 11.4. The molecule has 0 saturated heterocycles. The average Bonchev–Trinajstić information content (AvgIpc) is 3.06. The number of aliphatic hydroxyl groups excluding tert-OH is 1. The average molecular weight is 422 g/mol. The highest BCUT2D eigenvalue weighted by atomic mass is 16.5. The number of aliphatic hydroxyl groups is 1. The summed E-state index contributed by atoms with van der Waals surface area (Å²) in [5, 5.41) is 11.1. The maximum absolute atomic E-state index is 12.7. The zero-order valence-electron chi connectivity index (χ0n) is 18.1. The van der Waals surface area contributed by atoms with Crippen molar-refractivity contribution in [3.63, 3.8) is 0 Å². The lowest BCUT2D eigenvalue weighted by molar-refractivity contribution is 0.0504. The lowest BCUT2D eigenvalue weighted by Gasteiger charge is -2.26. The number of carbonyl (C=O) groups excluding carboxylic acids is 2. The van der Waals surface area contributed by atoms with E-state index in [4.69, 9.17) is 4.74 Å².